The molecular weight excluding hydrogens is 424 g/mol. The van der Waals surface area contributed by atoms with Crippen LogP contribution in [0.15, 0.2) is 48.5 Å². The third kappa shape index (κ3) is 6.47. The Balaban J connectivity index is 1.62. The first-order valence-electron chi connectivity index (χ1n) is 10.9. The van der Waals surface area contributed by atoms with Gasteiger partial charge in [-0.25, -0.2) is 9.59 Å². The molecule has 8 nitrogen and oxygen atoms in total. The van der Waals surface area contributed by atoms with Gasteiger partial charge in [0.2, 0.25) is 0 Å². The fourth-order valence-corrected chi connectivity index (χ4v) is 3.82. The van der Waals surface area contributed by atoms with Gasteiger partial charge in [0.05, 0.1) is 6.42 Å². The van der Waals surface area contributed by atoms with Crippen LogP contribution in [0, 0.1) is 0 Å². The summed E-state index contributed by atoms with van der Waals surface area (Å²) in [5.74, 6) is -1.12. The van der Waals surface area contributed by atoms with Crippen LogP contribution in [0.4, 0.5) is 9.59 Å². The van der Waals surface area contributed by atoms with Crippen molar-refractivity contribution in [3.63, 3.8) is 0 Å². The van der Waals surface area contributed by atoms with Crippen molar-refractivity contribution in [3.05, 3.63) is 59.7 Å². The fraction of sp³-hybridized carbons (Fsp3) is 0.400. The van der Waals surface area contributed by atoms with E-state index in [9.17, 15) is 14.4 Å². The normalized spacial score (nSPS) is 12.5. The van der Waals surface area contributed by atoms with Gasteiger partial charge in [-0.1, -0.05) is 48.5 Å². The predicted molar refractivity (Wildman–Crippen MR) is 123 cm³/mol. The molecule has 0 aliphatic heterocycles. The lowest BCUT2D eigenvalue weighted by atomic mass is 9.98. The maximum Gasteiger partial charge on any atom is 0.409 e. The first kappa shape index (κ1) is 24.1. The van der Waals surface area contributed by atoms with Crippen molar-refractivity contribution < 1.29 is 29.0 Å². The van der Waals surface area contributed by atoms with E-state index in [1.165, 1.54) is 4.90 Å². The predicted octanol–water partition coefficient (Wildman–Crippen LogP) is 4.24. The van der Waals surface area contributed by atoms with Crippen molar-refractivity contribution in [2.24, 2.45) is 0 Å². The minimum Gasteiger partial charge on any atom is -0.481 e. The zero-order chi connectivity index (χ0) is 24.0. The second-order valence-corrected chi connectivity index (χ2v) is 8.86. The zero-order valence-electron chi connectivity index (χ0n) is 19.2. The van der Waals surface area contributed by atoms with Gasteiger partial charge in [0.15, 0.2) is 0 Å². The van der Waals surface area contributed by atoms with Crippen LogP contribution in [0.1, 0.15) is 44.2 Å². The number of ether oxygens (including phenoxy) is 2. The quantitative estimate of drug-likeness (QED) is 0.618. The molecule has 0 spiro atoms. The highest BCUT2D eigenvalue weighted by Crippen LogP contribution is 2.44. The van der Waals surface area contributed by atoms with Crippen LogP contribution in [-0.2, 0) is 14.3 Å². The second kappa shape index (κ2) is 10.4. The molecule has 0 atom stereocenters. The number of hydrogen-bond acceptors (Lipinski definition) is 5. The molecule has 0 saturated carbocycles. The number of carbonyl (C=O) groups is 3. The molecule has 2 aromatic rings. The van der Waals surface area contributed by atoms with Gasteiger partial charge >= 0.3 is 18.2 Å². The highest BCUT2D eigenvalue weighted by molar-refractivity contribution is 5.79. The summed E-state index contributed by atoms with van der Waals surface area (Å²) in [4.78, 5) is 37.0. The van der Waals surface area contributed by atoms with Crippen LogP contribution in [-0.4, -0.2) is 60.0 Å². The number of aliphatic carboxylic acids is 1. The Kier molecular flexibility index (Phi) is 7.58. The van der Waals surface area contributed by atoms with Gasteiger partial charge in [-0.15, -0.1) is 0 Å². The lowest BCUT2D eigenvalue weighted by Crippen LogP contribution is -2.41. The largest absolute Gasteiger partial charge is 0.481 e. The molecule has 0 heterocycles. The van der Waals surface area contributed by atoms with Crippen LogP contribution in [0.25, 0.3) is 11.1 Å². The van der Waals surface area contributed by atoms with E-state index in [2.05, 4.69) is 17.4 Å². The SMILES string of the molecule is CC(C)(C)OC(=O)NCCN(CCC(=O)O)C(=O)OCC1c2ccccc2-c2ccccc21. The van der Waals surface area contributed by atoms with Gasteiger partial charge in [-0.3, -0.25) is 4.79 Å². The molecule has 33 heavy (non-hydrogen) atoms. The van der Waals surface area contributed by atoms with Crippen LogP contribution < -0.4 is 5.32 Å². The molecule has 2 N–H and O–H groups in total. The molecule has 176 valence electrons. The van der Waals surface area contributed by atoms with E-state index in [0.29, 0.717) is 0 Å². The van der Waals surface area contributed by atoms with E-state index in [4.69, 9.17) is 14.6 Å². The zero-order valence-corrected chi connectivity index (χ0v) is 19.2. The van der Waals surface area contributed by atoms with Gasteiger partial charge in [0.25, 0.3) is 0 Å². The van der Waals surface area contributed by atoms with E-state index >= 15 is 0 Å². The summed E-state index contributed by atoms with van der Waals surface area (Å²) in [5, 5.41) is 11.6. The van der Waals surface area contributed by atoms with Crippen LogP contribution >= 0.6 is 0 Å². The number of alkyl carbamates (subject to hydrolysis) is 1. The standard InChI is InChI=1S/C25H30N2O6/c1-25(2,3)33-23(30)26-13-15-27(14-12-22(28)29)24(31)32-16-21-19-10-6-4-8-17(19)18-9-5-7-11-20(18)21/h4-11,21H,12-16H2,1-3H3,(H,26,30)(H,28,29). The summed E-state index contributed by atoms with van der Waals surface area (Å²) < 4.78 is 10.8. The van der Waals surface area contributed by atoms with Crippen LogP contribution in [0.3, 0.4) is 0 Å². The third-order valence-electron chi connectivity index (χ3n) is 5.24. The number of fused-ring (bicyclic) bond motifs is 3. The van der Waals surface area contributed by atoms with Crippen molar-refractivity contribution >= 4 is 18.2 Å². The molecule has 1 aliphatic carbocycles. The molecule has 0 radical (unpaired) electrons. The highest BCUT2D eigenvalue weighted by Gasteiger charge is 2.29. The molecule has 0 fully saturated rings. The van der Waals surface area contributed by atoms with Crippen molar-refractivity contribution in [3.8, 4) is 11.1 Å². The van der Waals surface area contributed by atoms with E-state index in [0.717, 1.165) is 22.3 Å². The number of nitrogens with one attached hydrogen (secondary N) is 1. The smallest absolute Gasteiger partial charge is 0.409 e. The Morgan fingerprint density at radius 3 is 2.09 bits per heavy atom. The molecule has 2 aromatic carbocycles. The van der Waals surface area contributed by atoms with Crippen molar-refractivity contribution in [1.82, 2.24) is 10.2 Å². The summed E-state index contributed by atoms with van der Waals surface area (Å²) in [6.45, 7) is 5.58. The molecule has 0 aromatic heterocycles. The molecule has 0 saturated heterocycles. The first-order valence-corrected chi connectivity index (χ1v) is 10.9. The lowest BCUT2D eigenvalue weighted by molar-refractivity contribution is -0.137. The first-order chi connectivity index (χ1) is 15.7. The molecule has 0 unspecified atom stereocenters. The number of benzene rings is 2. The molecule has 3 rings (SSSR count). The van der Waals surface area contributed by atoms with E-state index < -0.39 is 23.8 Å². The maximum absolute atomic E-state index is 12.8. The number of carboxylic acid groups (broad SMARTS) is 1. The summed E-state index contributed by atoms with van der Waals surface area (Å²) in [5.41, 5.74) is 3.79. The monoisotopic (exact) mass is 454 g/mol. The number of carboxylic acids is 1. The lowest BCUT2D eigenvalue weighted by Gasteiger charge is -2.24. The van der Waals surface area contributed by atoms with Gasteiger partial charge in [0, 0.05) is 25.6 Å². The van der Waals surface area contributed by atoms with E-state index in [1.807, 2.05) is 36.4 Å². The topological polar surface area (TPSA) is 105 Å². The van der Waals surface area contributed by atoms with Crippen LogP contribution in [0.5, 0.6) is 0 Å². The fourth-order valence-electron chi connectivity index (χ4n) is 3.82. The third-order valence-corrected chi connectivity index (χ3v) is 5.24. The van der Waals surface area contributed by atoms with Crippen molar-refractivity contribution in [2.45, 2.75) is 38.7 Å². The summed E-state index contributed by atoms with van der Waals surface area (Å²) >= 11 is 0. The highest BCUT2D eigenvalue weighted by atomic mass is 16.6. The van der Waals surface area contributed by atoms with Gasteiger partial charge in [-0.2, -0.15) is 0 Å². The van der Waals surface area contributed by atoms with Gasteiger partial charge in [-0.05, 0) is 43.0 Å². The molecule has 8 heteroatoms. The number of amides is 2. The van der Waals surface area contributed by atoms with Gasteiger partial charge in [0.1, 0.15) is 12.2 Å². The minimum atomic E-state index is -1.02. The Morgan fingerprint density at radius 1 is 0.970 bits per heavy atom. The number of hydrogen-bond donors (Lipinski definition) is 2. The number of carbonyl (C=O) groups excluding carboxylic acids is 2. The average Bonchev–Trinajstić information content (AvgIpc) is 3.07. The Hall–Kier alpha value is -3.55. The molecular formula is C25H30N2O6. The second-order valence-electron chi connectivity index (χ2n) is 8.86. The molecule has 2 amide bonds. The number of nitrogens with zero attached hydrogens (tertiary/aromatic N) is 1. The summed E-state index contributed by atoms with van der Waals surface area (Å²) in [6.07, 6.45) is -1.45. The summed E-state index contributed by atoms with van der Waals surface area (Å²) in [6, 6.07) is 16.0. The van der Waals surface area contributed by atoms with Crippen molar-refractivity contribution in [1.29, 1.82) is 0 Å². The van der Waals surface area contributed by atoms with Gasteiger partial charge < -0.3 is 24.8 Å². The Morgan fingerprint density at radius 2 is 1.55 bits per heavy atom. The average molecular weight is 455 g/mol. The Labute approximate surface area is 193 Å². The number of rotatable bonds is 8. The maximum atomic E-state index is 12.8. The molecule has 1 aliphatic rings. The van der Waals surface area contributed by atoms with Crippen molar-refractivity contribution in [2.75, 3.05) is 26.2 Å². The summed E-state index contributed by atoms with van der Waals surface area (Å²) in [7, 11) is 0. The van der Waals surface area contributed by atoms with E-state index in [-0.39, 0.29) is 38.6 Å². The minimum absolute atomic E-state index is 0.0258. The Bertz CT molecular complexity index is 968. The molecule has 0 bridgehead atoms. The van der Waals surface area contributed by atoms with Crippen LogP contribution in [0.2, 0.25) is 0 Å². The van der Waals surface area contributed by atoms with E-state index in [1.54, 1.807) is 20.8 Å².